The van der Waals surface area contributed by atoms with E-state index in [2.05, 4.69) is 6.92 Å². The van der Waals surface area contributed by atoms with Crippen LogP contribution in [0, 0.1) is 6.29 Å². The van der Waals surface area contributed by atoms with Crippen LogP contribution in [0.1, 0.15) is 77.6 Å². The first-order valence-corrected chi connectivity index (χ1v) is 6.51. The molecule has 0 amide bonds. The lowest BCUT2D eigenvalue weighted by Crippen LogP contribution is -1.92. The molecule has 0 heterocycles. The molecule has 0 aromatic heterocycles. The van der Waals surface area contributed by atoms with Crippen LogP contribution in [0.5, 0.6) is 0 Å². The molecule has 0 aromatic rings. The molecular weight excluding hydrogens is 188 g/mol. The van der Waals surface area contributed by atoms with Crippen molar-refractivity contribution in [2.24, 2.45) is 0 Å². The molecule has 0 rings (SSSR count). The number of hydrogen-bond donors (Lipinski definition) is 2. The zero-order chi connectivity index (χ0) is 11.4. The normalized spacial score (nSPS) is 11.2. The summed E-state index contributed by atoms with van der Waals surface area (Å²) < 4.78 is 0. The first-order valence-electron chi connectivity index (χ1n) is 6.51. The molecule has 0 aromatic carbocycles. The lowest BCUT2D eigenvalue weighted by molar-refractivity contribution is 0.0704. The van der Waals surface area contributed by atoms with Crippen LogP contribution in [0.25, 0.3) is 0 Å². The summed E-state index contributed by atoms with van der Waals surface area (Å²) >= 11 is 0. The van der Waals surface area contributed by atoms with E-state index in [0.29, 0.717) is 6.42 Å². The largest absolute Gasteiger partial charge is 0.361 e. The molecule has 91 valence electrons. The molecule has 0 saturated carbocycles. The van der Waals surface area contributed by atoms with Crippen LogP contribution < -0.4 is 0 Å². The Kier molecular flexibility index (Phi) is 11.9. The van der Waals surface area contributed by atoms with Crippen molar-refractivity contribution in [1.29, 1.82) is 0 Å². The molecule has 2 heteroatoms. The predicted octanol–water partition coefficient (Wildman–Crippen LogP) is 4.53. The third-order valence-corrected chi connectivity index (χ3v) is 2.75. The Morgan fingerprint density at radius 3 is 1.47 bits per heavy atom. The van der Waals surface area contributed by atoms with Gasteiger partial charge in [-0.25, -0.2) is 0 Å². The monoisotopic (exact) mass is 215 g/mol. The standard InChI is InChI=1S/C13H27O2/c1-2-3-4-5-6-7-8-9-10-11-12-13(14)15/h14-15H,2-12H2,1H3. The summed E-state index contributed by atoms with van der Waals surface area (Å²) in [5.41, 5.74) is 0. The summed E-state index contributed by atoms with van der Waals surface area (Å²) in [5.74, 6) is 0. The molecule has 0 aliphatic carbocycles. The lowest BCUT2D eigenvalue weighted by atomic mass is 10.1. The highest BCUT2D eigenvalue weighted by atomic mass is 16.5. The first-order chi connectivity index (χ1) is 7.27. The van der Waals surface area contributed by atoms with Crippen LogP contribution in [0.2, 0.25) is 0 Å². The van der Waals surface area contributed by atoms with Gasteiger partial charge in [-0.3, -0.25) is 0 Å². The molecule has 15 heavy (non-hydrogen) atoms. The van der Waals surface area contributed by atoms with Gasteiger partial charge in [0.15, 0.2) is 0 Å². The maximum Gasteiger partial charge on any atom is 0.218 e. The van der Waals surface area contributed by atoms with Crippen molar-refractivity contribution in [2.45, 2.75) is 77.6 Å². The summed E-state index contributed by atoms with van der Waals surface area (Å²) in [6.07, 6.45) is 12.8. The number of unbranched alkanes of at least 4 members (excludes halogenated alkanes) is 9. The number of aliphatic hydroxyl groups excluding tert-OH is 1. The van der Waals surface area contributed by atoms with Gasteiger partial charge in [-0.15, -0.1) is 0 Å². The summed E-state index contributed by atoms with van der Waals surface area (Å²) in [7, 11) is 0. The van der Waals surface area contributed by atoms with E-state index in [4.69, 9.17) is 10.2 Å². The van der Waals surface area contributed by atoms with Gasteiger partial charge in [-0.1, -0.05) is 64.7 Å². The summed E-state index contributed by atoms with van der Waals surface area (Å²) in [6, 6.07) is 0. The Hall–Kier alpha value is -0.0800. The predicted molar refractivity (Wildman–Crippen MR) is 63.6 cm³/mol. The maximum absolute atomic E-state index is 8.55. The third-order valence-electron chi connectivity index (χ3n) is 2.75. The number of aliphatic hydroxyl groups is 2. The molecule has 0 bridgehead atoms. The van der Waals surface area contributed by atoms with E-state index in [1.165, 1.54) is 51.4 Å². The lowest BCUT2D eigenvalue weighted by Gasteiger charge is -2.02. The molecule has 0 aliphatic heterocycles. The van der Waals surface area contributed by atoms with Crippen molar-refractivity contribution >= 4 is 0 Å². The van der Waals surface area contributed by atoms with Crippen LogP contribution in [0.15, 0.2) is 0 Å². The highest BCUT2D eigenvalue weighted by molar-refractivity contribution is 4.57. The van der Waals surface area contributed by atoms with Gasteiger partial charge in [0, 0.05) is 6.42 Å². The van der Waals surface area contributed by atoms with Crippen LogP contribution in [-0.4, -0.2) is 10.2 Å². The first kappa shape index (κ1) is 14.9. The summed E-state index contributed by atoms with van der Waals surface area (Å²) in [4.78, 5) is 0. The quantitative estimate of drug-likeness (QED) is 0.497. The van der Waals surface area contributed by atoms with Crippen LogP contribution in [-0.2, 0) is 0 Å². The smallest absolute Gasteiger partial charge is 0.218 e. The zero-order valence-corrected chi connectivity index (χ0v) is 10.2. The van der Waals surface area contributed by atoms with Crippen LogP contribution >= 0.6 is 0 Å². The van der Waals surface area contributed by atoms with Gasteiger partial charge in [0.05, 0.1) is 0 Å². The Morgan fingerprint density at radius 2 is 1.07 bits per heavy atom. The maximum atomic E-state index is 8.55. The second-order valence-electron chi connectivity index (χ2n) is 4.35. The molecule has 0 spiro atoms. The van der Waals surface area contributed by atoms with E-state index in [9.17, 15) is 0 Å². The Balaban J connectivity index is 2.87. The van der Waals surface area contributed by atoms with Crippen molar-refractivity contribution < 1.29 is 10.2 Å². The van der Waals surface area contributed by atoms with E-state index in [0.717, 1.165) is 12.8 Å². The van der Waals surface area contributed by atoms with E-state index >= 15 is 0 Å². The second-order valence-corrected chi connectivity index (χ2v) is 4.35. The highest BCUT2D eigenvalue weighted by Gasteiger charge is 1.98. The molecule has 0 fully saturated rings. The molecular formula is C13H27O2. The summed E-state index contributed by atoms with van der Waals surface area (Å²) in [6.45, 7) is 2.24. The second kappa shape index (κ2) is 12.0. The van der Waals surface area contributed by atoms with Gasteiger partial charge in [-0.2, -0.15) is 0 Å². The van der Waals surface area contributed by atoms with Crippen LogP contribution in [0.4, 0.5) is 0 Å². The van der Waals surface area contributed by atoms with E-state index in [1.54, 1.807) is 0 Å². The van der Waals surface area contributed by atoms with Crippen molar-refractivity contribution in [3.05, 3.63) is 6.29 Å². The molecule has 2 nitrogen and oxygen atoms in total. The minimum atomic E-state index is -0.408. The third kappa shape index (κ3) is 13.9. The summed E-state index contributed by atoms with van der Waals surface area (Å²) in [5, 5.41) is 17.1. The Bertz CT molecular complexity index is 113. The fraction of sp³-hybridized carbons (Fsp3) is 0.923. The Labute approximate surface area is 94.7 Å². The topological polar surface area (TPSA) is 40.5 Å². The average Bonchev–Trinajstić information content (AvgIpc) is 2.20. The Morgan fingerprint density at radius 1 is 0.667 bits per heavy atom. The fourth-order valence-corrected chi connectivity index (χ4v) is 1.77. The number of rotatable bonds is 11. The van der Waals surface area contributed by atoms with Gasteiger partial charge < -0.3 is 10.2 Å². The molecule has 0 saturated heterocycles. The van der Waals surface area contributed by atoms with Gasteiger partial charge in [0.2, 0.25) is 6.29 Å². The fourth-order valence-electron chi connectivity index (χ4n) is 1.77. The minimum Gasteiger partial charge on any atom is -0.361 e. The van der Waals surface area contributed by atoms with Crippen molar-refractivity contribution in [3.8, 4) is 0 Å². The van der Waals surface area contributed by atoms with Gasteiger partial charge in [0.25, 0.3) is 0 Å². The van der Waals surface area contributed by atoms with Gasteiger partial charge in [-0.05, 0) is 6.42 Å². The molecule has 0 unspecified atom stereocenters. The minimum absolute atomic E-state index is 0.408. The SMILES string of the molecule is CCCCCCCCCCCC[C](O)O. The molecule has 1 radical (unpaired) electrons. The molecule has 2 N–H and O–H groups in total. The van der Waals surface area contributed by atoms with Crippen molar-refractivity contribution in [3.63, 3.8) is 0 Å². The van der Waals surface area contributed by atoms with Gasteiger partial charge in [0.1, 0.15) is 0 Å². The molecule has 0 atom stereocenters. The van der Waals surface area contributed by atoms with Crippen molar-refractivity contribution in [1.82, 2.24) is 0 Å². The number of hydrogen-bond acceptors (Lipinski definition) is 2. The van der Waals surface area contributed by atoms with E-state index in [1.807, 2.05) is 0 Å². The van der Waals surface area contributed by atoms with E-state index in [-0.39, 0.29) is 0 Å². The van der Waals surface area contributed by atoms with Crippen molar-refractivity contribution in [2.75, 3.05) is 0 Å². The highest BCUT2D eigenvalue weighted by Crippen LogP contribution is 2.12. The van der Waals surface area contributed by atoms with E-state index < -0.39 is 6.29 Å². The zero-order valence-electron chi connectivity index (χ0n) is 10.2. The molecule has 0 aliphatic rings. The van der Waals surface area contributed by atoms with Gasteiger partial charge >= 0.3 is 0 Å². The van der Waals surface area contributed by atoms with Crippen LogP contribution in [0.3, 0.4) is 0 Å². The average molecular weight is 215 g/mol.